The number of aliphatic hydroxyl groups is 1. The summed E-state index contributed by atoms with van der Waals surface area (Å²) in [5, 5.41) is 10.7. The van der Waals surface area contributed by atoms with Crippen LogP contribution in [0.3, 0.4) is 0 Å². The van der Waals surface area contributed by atoms with Crippen LogP contribution in [0.5, 0.6) is 0 Å². The second kappa shape index (κ2) is 6.51. The molecule has 5 rings (SSSR count). The summed E-state index contributed by atoms with van der Waals surface area (Å²) in [5.74, 6) is 4.08. The molecule has 0 spiro atoms. The molecular weight excluding hydrogens is 364 g/mol. The summed E-state index contributed by atoms with van der Waals surface area (Å²) in [5.41, 5.74) is 2.54. The number of hydrogen-bond donors (Lipinski definition) is 1. The lowest BCUT2D eigenvalue weighted by Gasteiger charge is -2.71. The second-order valence-electron chi connectivity index (χ2n) is 14.9. The van der Waals surface area contributed by atoms with Crippen molar-refractivity contribution in [1.82, 2.24) is 0 Å². The fraction of sp³-hybridized carbons (Fsp3) is 1.00. The lowest BCUT2D eigenvalue weighted by atomic mass is 9.34. The summed E-state index contributed by atoms with van der Waals surface area (Å²) >= 11 is 0. The Balaban J connectivity index is 1.49. The van der Waals surface area contributed by atoms with E-state index >= 15 is 0 Å². The number of fused-ring (bicyclic) bond motifs is 7. The lowest BCUT2D eigenvalue weighted by Crippen LogP contribution is -2.64. The highest BCUT2D eigenvalue weighted by molar-refractivity contribution is 5.16. The fourth-order valence-electron chi connectivity index (χ4n) is 10.9. The minimum atomic E-state index is -0.0711. The molecule has 0 amide bonds. The van der Waals surface area contributed by atoms with Gasteiger partial charge in [0.15, 0.2) is 0 Å². The van der Waals surface area contributed by atoms with Crippen LogP contribution in [0, 0.1) is 56.7 Å². The van der Waals surface area contributed by atoms with Crippen LogP contribution in [-0.2, 0) is 0 Å². The second-order valence-corrected chi connectivity index (χ2v) is 14.9. The van der Waals surface area contributed by atoms with E-state index in [0.29, 0.717) is 33.0 Å². The van der Waals surface area contributed by atoms with Crippen LogP contribution in [0.25, 0.3) is 0 Å². The van der Waals surface area contributed by atoms with Crippen molar-refractivity contribution in [1.29, 1.82) is 0 Å². The van der Waals surface area contributed by atoms with Gasteiger partial charge in [-0.15, -0.1) is 0 Å². The van der Waals surface area contributed by atoms with Crippen molar-refractivity contribution in [3.05, 3.63) is 0 Å². The average molecular weight is 415 g/mol. The first kappa shape index (κ1) is 21.8. The van der Waals surface area contributed by atoms with Gasteiger partial charge in [0.1, 0.15) is 0 Å². The highest BCUT2D eigenvalue weighted by Gasteiger charge is 2.67. The third-order valence-electron chi connectivity index (χ3n) is 13.1. The summed E-state index contributed by atoms with van der Waals surface area (Å²) in [6.45, 7) is 18.2. The molecule has 0 aliphatic heterocycles. The molecule has 0 heterocycles. The first-order valence-electron chi connectivity index (χ1n) is 13.5. The predicted octanol–water partition coefficient (Wildman–Crippen LogP) is 7.86. The van der Waals surface area contributed by atoms with E-state index in [4.69, 9.17) is 0 Å². The molecule has 0 saturated heterocycles. The molecule has 0 aromatic carbocycles. The molecule has 1 nitrogen and oxygen atoms in total. The SMILES string of the molecule is C[C@H]1[C@@H](O)CCC2[C@]3(C)CCC4[C@@H]5CC(C)(C)CC[C@]5(C)CC[C@]4(C)[C@H]3CC[C@@]21C. The van der Waals surface area contributed by atoms with Gasteiger partial charge in [-0.2, -0.15) is 0 Å². The number of aliphatic hydroxyl groups excluding tert-OH is 1. The molecule has 10 atom stereocenters. The van der Waals surface area contributed by atoms with Gasteiger partial charge in [0.25, 0.3) is 0 Å². The summed E-state index contributed by atoms with van der Waals surface area (Å²) in [7, 11) is 0. The molecule has 2 unspecified atom stereocenters. The molecule has 1 heteroatoms. The van der Waals surface area contributed by atoms with E-state index in [0.717, 1.165) is 30.1 Å². The van der Waals surface area contributed by atoms with Gasteiger partial charge in [-0.05, 0) is 127 Å². The van der Waals surface area contributed by atoms with Crippen molar-refractivity contribution in [2.75, 3.05) is 0 Å². The zero-order valence-electron chi connectivity index (χ0n) is 21.2. The van der Waals surface area contributed by atoms with Crippen LogP contribution in [0.2, 0.25) is 0 Å². The highest BCUT2D eigenvalue weighted by atomic mass is 16.3. The molecule has 172 valence electrons. The summed E-state index contributed by atoms with van der Waals surface area (Å²) in [4.78, 5) is 0. The van der Waals surface area contributed by atoms with E-state index in [-0.39, 0.29) is 6.10 Å². The van der Waals surface area contributed by atoms with Crippen LogP contribution in [-0.4, -0.2) is 11.2 Å². The molecule has 0 aromatic heterocycles. The number of hydrogen-bond acceptors (Lipinski definition) is 1. The van der Waals surface area contributed by atoms with Gasteiger partial charge in [0, 0.05) is 0 Å². The molecule has 5 saturated carbocycles. The minimum absolute atomic E-state index is 0.0711. The molecule has 0 aromatic rings. The van der Waals surface area contributed by atoms with Crippen molar-refractivity contribution in [2.45, 2.75) is 125 Å². The monoisotopic (exact) mass is 414 g/mol. The predicted molar refractivity (Wildman–Crippen MR) is 126 cm³/mol. The summed E-state index contributed by atoms with van der Waals surface area (Å²) < 4.78 is 0. The van der Waals surface area contributed by atoms with E-state index in [2.05, 4.69) is 48.5 Å². The van der Waals surface area contributed by atoms with E-state index in [1.807, 2.05) is 0 Å². The van der Waals surface area contributed by atoms with E-state index in [1.54, 1.807) is 0 Å². The van der Waals surface area contributed by atoms with Crippen LogP contribution < -0.4 is 0 Å². The molecule has 0 radical (unpaired) electrons. The van der Waals surface area contributed by atoms with Gasteiger partial charge in [-0.25, -0.2) is 0 Å². The Morgan fingerprint density at radius 2 is 1.23 bits per heavy atom. The lowest BCUT2D eigenvalue weighted by molar-refractivity contribution is -0.229. The van der Waals surface area contributed by atoms with E-state index < -0.39 is 0 Å². The van der Waals surface area contributed by atoms with Gasteiger partial charge in [-0.3, -0.25) is 0 Å². The third-order valence-corrected chi connectivity index (χ3v) is 13.1. The average Bonchev–Trinajstić information content (AvgIpc) is 2.66. The van der Waals surface area contributed by atoms with E-state index in [9.17, 15) is 5.11 Å². The highest BCUT2D eigenvalue weighted by Crippen LogP contribution is 2.74. The molecule has 5 aliphatic rings. The summed E-state index contributed by atoms with van der Waals surface area (Å²) in [6, 6.07) is 0. The van der Waals surface area contributed by atoms with Crippen molar-refractivity contribution in [3.8, 4) is 0 Å². The van der Waals surface area contributed by atoms with Crippen molar-refractivity contribution >= 4 is 0 Å². The molecular formula is C29H50O. The Hall–Kier alpha value is -0.0400. The molecule has 30 heavy (non-hydrogen) atoms. The van der Waals surface area contributed by atoms with Crippen LogP contribution >= 0.6 is 0 Å². The Bertz CT molecular complexity index is 696. The van der Waals surface area contributed by atoms with Gasteiger partial charge in [0.2, 0.25) is 0 Å². The van der Waals surface area contributed by atoms with Crippen LogP contribution in [0.15, 0.2) is 0 Å². The standard InChI is InChI=1S/C29H50O/c1-19-22(30)8-9-23-27(19,5)13-11-24-28(6)17-16-26(4)15-14-25(2,3)18-21(26)20(28)10-12-29(23,24)7/h19-24,30H,8-18H2,1-7H3/t19-,20?,21-,22-,23?,24+,26+,27+,28-,29-/m0/s1. The Kier molecular flexibility index (Phi) is 4.73. The van der Waals surface area contributed by atoms with Gasteiger partial charge in [0.05, 0.1) is 6.10 Å². The normalized spacial score (nSPS) is 60.0. The molecule has 0 bridgehead atoms. The smallest absolute Gasteiger partial charge is 0.0571 e. The maximum absolute atomic E-state index is 10.7. The topological polar surface area (TPSA) is 20.2 Å². The first-order valence-corrected chi connectivity index (χ1v) is 13.5. The van der Waals surface area contributed by atoms with Gasteiger partial charge in [-0.1, -0.05) is 48.5 Å². The molecule has 5 fully saturated rings. The largest absolute Gasteiger partial charge is 0.393 e. The van der Waals surface area contributed by atoms with Crippen LogP contribution in [0.1, 0.15) is 119 Å². The third kappa shape index (κ3) is 2.75. The Labute approximate surface area is 187 Å². The maximum Gasteiger partial charge on any atom is 0.0571 e. The Morgan fingerprint density at radius 3 is 1.97 bits per heavy atom. The van der Waals surface area contributed by atoms with Crippen LogP contribution in [0.4, 0.5) is 0 Å². The van der Waals surface area contributed by atoms with Crippen molar-refractivity contribution < 1.29 is 5.11 Å². The fourth-order valence-corrected chi connectivity index (χ4v) is 10.9. The quantitative estimate of drug-likeness (QED) is 0.427. The zero-order chi connectivity index (χ0) is 21.7. The molecule has 1 N–H and O–H groups in total. The first-order chi connectivity index (χ1) is 13.9. The number of rotatable bonds is 0. The van der Waals surface area contributed by atoms with Crippen molar-refractivity contribution in [2.24, 2.45) is 56.7 Å². The van der Waals surface area contributed by atoms with Gasteiger partial charge >= 0.3 is 0 Å². The zero-order valence-corrected chi connectivity index (χ0v) is 21.2. The maximum atomic E-state index is 10.7. The van der Waals surface area contributed by atoms with E-state index in [1.165, 1.54) is 64.2 Å². The van der Waals surface area contributed by atoms with Crippen molar-refractivity contribution in [3.63, 3.8) is 0 Å². The Morgan fingerprint density at radius 1 is 0.600 bits per heavy atom. The molecule has 5 aliphatic carbocycles. The minimum Gasteiger partial charge on any atom is -0.393 e. The van der Waals surface area contributed by atoms with Gasteiger partial charge < -0.3 is 5.11 Å². The summed E-state index contributed by atoms with van der Waals surface area (Å²) in [6.07, 6.45) is 15.3.